The largest absolute Gasteiger partial charge is 0.475 e. The topological polar surface area (TPSA) is 63.3 Å². The third kappa shape index (κ3) is 1.99. The molecular formula is C10H6ClNO3. The van der Waals surface area contributed by atoms with E-state index in [9.17, 15) is 4.79 Å². The number of carboxylic acids is 1. The second kappa shape index (κ2) is 3.74. The fraction of sp³-hybridized carbons (Fsp3) is 0. The molecule has 4 nitrogen and oxygen atoms in total. The van der Waals surface area contributed by atoms with Crippen molar-refractivity contribution in [3.8, 4) is 11.3 Å². The Hall–Kier alpha value is -1.81. The molecule has 76 valence electrons. The molecular weight excluding hydrogens is 218 g/mol. The van der Waals surface area contributed by atoms with Gasteiger partial charge in [0.05, 0.1) is 0 Å². The number of aromatic nitrogens is 1. The third-order valence-electron chi connectivity index (χ3n) is 1.83. The van der Waals surface area contributed by atoms with Crippen LogP contribution in [-0.4, -0.2) is 16.1 Å². The maximum atomic E-state index is 10.6. The standard InChI is InChI=1S/C10H6ClNO3/c11-9-4-1-6(5-12-9)7-2-3-8(15-7)10(13)14/h1-5H,(H,13,14). The molecule has 0 fully saturated rings. The van der Waals surface area contributed by atoms with Gasteiger partial charge in [-0.3, -0.25) is 0 Å². The Morgan fingerprint density at radius 3 is 2.67 bits per heavy atom. The van der Waals surface area contributed by atoms with E-state index >= 15 is 0 Å². The van der Waals surface area contributed by atoms with Crippen molar-refractivity contribution in [2.75, 3.05) is 0 Å². The molecule has 0 unspecified atom stereocenters. The van der Waals surface area contributed by atoms with E-state index in [0.717, 1.165) is 0 Å². The van der Waals surface area contributed by atoms with E-state index in [1.807, 2.05) is 0 Å². The average molecular weight is 224 g/mol. The number of carboxylic acid groups (broad SMARTS) is 1. The molecule has 0 bridgehead atoms. The van der Waals surface area contributed by atoms with Crippen molar-refractivity contribution in [2.45, 2.75) is 0 Å². The molecule has 0 aliphatic heterocycles. The minimum absolute atomic E-state index is 0.0973. The van der Waals surface area contributed by atoms with Crippen molar-refractivity contribution in [3.63, 3.8) is 0 Å². The van der Waals surface area contributed by atoms with Crippen LogP contribution in [0.25, 0.3) is 11.3 Å². The van der Waals surface area contributed by atoms with E-state index in [1.165, 1.54) is 12.3 Å². The minimum atomic E-state index is -1.09. The van der Waals surface area contributed by atoms with Crippen molar-refractivity contribution in [2.24, 2.45) is 0 Å². The first-order valence-electron chi connectivity index (χ1n) is 4.12. The number of aromatic carboxylic acids is 1. The minimum Gasteiger partial charge on any atom is -0.475 e. The van der Waals surface area contributed by atoms with Crippen molar-refractivity contribution in [3.05, 3.63) is 41.4 Å². The van der Waals surface area contributed by atoms with Crippen LogP contribution in [-0.2, 0) is 0 Å². The van der Waals surface area contributed by atoms with E-state index < -0.39 is 5.97 Å². The van der Waals surface area contributed by atoms with Crippen LogP contribution >= 0.6 is 11.6 Å². The molecule has 2 rings (SSSR count). The molecule has 0 radical (unpaired) electrons. The van der Waals surface area contributed by atoms with Gasteiger partial charge in [-0.15, -0.1) is 0 Å². The van der Waals surface area contributed by atoms with Gasteiger partial charge in [0, 0.05) is 11.8 Å². The average Bonchev–Trinajstić information content (AvgIpc) is 2.68. The van der Waals surface area contributed by atoms with E-state index in [1.54, 1.807) is 18.2 Å². The molecule has 0 saturated carbocycles. The molecule has 0 aliphatic carbocycles. The first-order chi connectivity index (χ1) is 7.16. The molecule has 2 heterocycles. The molecule has 15 heavy (non-hydrogen) atoms. The summed E-state index contributed by atoms with van der Waals surface area (Å²) in [4.78, 5) is 14.4. The van der Waals surface area contributed by atoms with Gasteiger partial charge in [0.25, 0.3) is 0 Å². The van der Waals surface area contributed by atoms with Crippen molar-refractivity contribution in [1.29, 1.82) is 0 Å². The lowest BCUT2D eigenvalue weighted by atomic mass is 10.2. The van der Waals surface area contributed by atoms with Crippen molar-refractivity contribution < 1.29 is 14.3 Å². The lowest BCUT2D eigenvalue weighted by molar-refractivity contribution is 0.0663. The molecule has 0 saturated heterocycles. The summed E-state index contributed by atoms with van der Waals surface area (Å²) >= 11 is 5.62. The molecule has 2 aromatic rings. The van der Waals surface area contributed by atoms with Gasteiger partial charge in [-0.25, -0.2) is 9.78 Å². The number of pyridine rings is 1. The lowest BCUT2D eigenvalue weighted by Crippen LogP contribution is -1.91. The quantitative estimate of drug-likeness (QED) is 0.795. The number of nitrogens with zero attached hydrogens (tertiary/aromatic N) is 1. The van der Waals surface area contributed by atoms with Crippen LogP contribution in [0.15, 0.2) is 34.9 Å². The summed E-state index contributed by atoms with van der Waals surface area (Å²) in [5.74, 6) is -0.736. The molecule has 0 aromatic carbocycles. The molecule has 2 aromatic heterocycles. The third-order valence-corrected chi connectivity index (χ3v) is 2.05. The molecule has 0 atom stereocenters. The summed E-state index contributed by atoms with van der Waals surface area (Å²) < 4.78 is 5.09. The van der Waals surface area contributed by atoms with E-state index in [0.29, 0.717) is 16.5 Å². The highest BCUT2D eigenvalue weighted by Gasteiger charge is 2.10. The predicted molar refractivity (Wildman–Crippen MR) is 53.9 cm³/mol. The van der Waals surface area contributed by atoms with Crippen LogP contribution in [0.2, 0.25) is 5.15 Å². The zero-order valence-corrected chi connectivity index (χ0v) is 8.23. The van der Waals surface area contributed by atoms with Gasteiger partial charge < -0.3 is 9.52 Å². The van der Waals surface area contributed by atoms with Crippen LogP contribution in [0.1, 0.15) is 10.6 Å². The maximum Gasteiger partial charge on any atom is 0.371 e. The van der Waals surface area contributed by atoms with E-state index in [4.69, 9.17) is 21.1 Å². The Labute approximate surface area is 90.1 Å². The smallest absolute Gasteiger partial charge is 0.371 e. The number of carbonyl (C=O) groups is 1. The summed E-state index contributed by atoms with van der Waals surface area (Å²) in [5, 5.41) is 9.04. The summed E-state index contributed by atoms with van der Waals surface area (Å²) in [6.45, 7) is 0. The highest BCUT2D eigenvalue weighted by atomic mass is 35.5. The number of halogens is 1. The second-order valence-electron chi connectivity index (χ2n) is 2.84. The van der Waals surface area contributed by atoms with Gasteiger partial charge >= 0.3 is 5.97 Å². The summed E-state index contributed by atoms with van der Waals surface area (Å²) in [5.41, 5.74) is 0.687. The zero-order valence-electron chi connectivity index (χ0n) is 7.48. The Bertz CT molecular complexity index is 490. The van der Waals surface area contributed by atoms with E-state index in [2.05, 4.69) is 4.98 Å². The predicted octanol–water partition coefficient (Wildman–Crippen LogP) is 2.69. The fourth-order valence-corrected chi connectivity index (χ4v) is 1.24. The maximum absolute atomic E-state index is 10.6. The molecule has 5 heteroatoms. The highest BCUT2D eigenvalue weighted by molar-refractivity contribution is 6.29. The summed E-state index contributed by atoms with van der Waals surface area (Å²) in [7, 11) is 0. The second-order valence-corrected chi connectivity index (χ2v) is 3.23. The van der Waals surface area contributed by atoms with Crippen LogP contribution in [0.3, 0.4) is 0 Å². The number of hydrogen-bond donors (Lipinski definition) is 1. The molecule has 0 amide bonds. The zero-order chi connectivity index (χ0) is 10.8. The van der Waals surface area contributed by atoms with Gasteiger partial charge in [0.2, 0.25) is 5.76 Å². The number of furan rings is 1. The Morgan fingerprint density at radius 2 is 2.13 bits per heavy atom. The van der Waals surface area contributed by atoms with Gasteiger partial charge in [-0.05, 0) is 24.3 Å². The fourth-order valence-electron chi connectivity index (χ4n) is 1.13. The van der Waals surface area contributed by atoms with E-state index in [-0.39, 0.29) is 5.76 Å². The van der Waals surface area contributed by atoms with Crippen LogP contribution in [0.4, 0.5) is 0 Å². The van der Waals surface area contributed by atoms with Gasteiger partial charge in [-0.1, -0.05) is 11.6 Å². The number of rotatable bonds is 2. The molecule has 0 aliphatic rings. The van der Waals surface area contributed by atoms with Gasteiger partial charge in [0.15, 0.2) is 0 Å². The van der Waals surface area contributed by atoms with Crippen molar-refractivity contribution >= 4 is 17.6 Å². The summed E-state index contributed by atoms with van der Waals surface area (Å²) in [6, 6.07) is 6.29. The first-order valence-corrected chi connectivity index (χ1v) is 4.49. The van der Waals surface area contributed by atoms with Gasteiger partial charge in [0.1, 0.15) is 10.9 Å². The molecule has 1 N–H and O–H groups in total. The first kappa shape index (κ1) is 9.73. The molecule has 0 spiro atoms. The van der Waals surface area contributed by atoms with Crippen LogP contribution in [0, 0.1) is 0 Å². The lowest BCUT2D eigenvalue weighted by Gasteiger charge is -1.95. The monoisotopic (exact) mass is 223 g/mol. The van der Waals surface area contributed by atoms with Gasteiger partial charge in [-0.2, -0.15) is 0 Å². The Morgan fingerprint density at radius 1 is 1.33 bits per heavy atom. The van der Waals surface area contributed by atoms with Crippen LogP contribution in [0.5, 0.6) is 0 Å². The van der Waals surface area contributed by atoms with Crippen LogP contribution < -0.4 is 0 Å². The Balaban J connectivity index is 2.37. The number of hydrogen-bond acceptors (Lipinski definition) is 3. The Kier molecular flexibility index (Phi) is 2.43. The normalized spacial score (nSPS) is 10.2. The summed E-state index contributed by atoms with van der Waals surface area (Å²) in [6.07, 6.45) is 1.52. The highest BCUT2D eigenvalue weighted by Crippen LogP contribution is 2.22. The SMILES string of the molecule is O=C(O)c1ccc(-c2ccc(Cl)nc2)o1. The van der Waals surface area contributed by atoms with Crippen molar-refractivity contribution in [1.82, 2.24) is 4.98 Å².